The Hall–Kier alpha value is -3.68. The van der Waals surface area contributed by atoms with Crippen molar-refractivity contribution in [2.24, 2.45) is 0 Å². The predicted octanol–water partition coefficient (Wildman–Crippen LogP) is 3.30. The van der Waals surface area contributed by atoms with Crippen molar-refractivity contribution >= 4 is 5.95 Å². The summed E-state index contributed by atoms with van der Waals surface area (Å²) in [5.74, 6) is 1.28. The average molecular weight is 417 g/mol. The standard InChI is InChI=1S/C23H23N5O3/c1-16-8-10-27-21(29)13-19(18-7-9-24-15-25-18)26-23(27)28(16)22(17-5-3-2-4-6-17)20-14-30-11-12-31-20/h2-3,5,7,9,11-16,22H,4,6,8,10H2,1H3. The fourth-order valence-electron chi connectivity index (χ4n) is 4.25. The van der Waals surface area contributed by atoms with Crippen molar-refractivity contribution in [3.05, 3.63) is 83.4 Å². The Morgan fingerprint density at radius 2 is 2.19 bits per heavy atom. The lowest BCUT2D eigenvalue weighted by molar-refractivity contribution is 0.234. The second-order valence-electron chi connectivity index (χ2n) is 7.73. The zero-order valence-corrected chi connectivity index (χ0v) is 17.2. The van der Waals surface area contributed by atoms with Gasteiger partial charge in [0.25, 0.3) is 5.56 Å². The van der Waals surface area contributed by atoms with Crippen LogP contribution in [0.5, 0.6) is 0 Å². The maximum absolute atomic E-state index is 13.0. The van der Waals surface area contributed by atoms with E-state index < -0.39 is 0 Å². The first-order chi connectivity index (χ1) is 15.2. The van der Waals surface area contributed by atoms with Crippen LogP contribution < -0.4 is 10.5 Å². The molecule has 1 aliphatic carbocycles. The molecule has 8 nitrogen and oxygen atoms in total. The van der Waals surface area contributed by atoms with Crippen molar-refractivity contribution in [1.29, 1.82) is 0 Å². The molecule has 0 saturated heterocycles. The van der Waals surface area contributed by atoms with Crippen molar-refractivity contribution in [2.75, 3.05) is 4.90 Å². The molecule has 31 heavy (non-hydrogen) atoms. The van der Waals surface area contributed by atoms with Crippen molar-refractivity contribution in [3.63, 3.8) is 0 Å². The fourth-order valence-corrected chi connectivity index (χ4v) is 4.25. The Morgan fingerprint density at radius 1 is 1.26 bits per heavy atom. The van der Waals surface area contributed by atoms with Crippen LogP contribution in [0.3, 0.4) is 0 Å². The Balaban J connectivity index is 1.67. The normalized spacial score (nSPS) is 20.8. The van der Waals surface area contributed by atoms with Crippen LogP contribution in [0.25, 0.3) is 11.4 Å². The van der Waals surface area contributed by atoms with E-state index in [1.807, 2.05) is 0 Å². The van der Waals surface area contributed by atoms with Gasteiger partial charge in [-0.3, -0.25) is 9.36 Å². The third kappa shape index (κ3) is 3.65. The van der Waals surface area contributed by atoms with E-state index in [4.69, 9.17) is 14.5 Å². The van der Waals surface area contributed by atoms with E-state index in [-0.39, 0.29) is 17.6 Å². The van der Waals surface area contributed by atoms with Crippen LogP contribution in [0.2, 0.25) is 0 Å². The number of ether oxygens (including phenoxy) is 2. The van der Waals surface area contributed by atoms with Crippen LogP contribution in [0, 0.1) is 0 Å². The molecule has 0 fully saturated rings. The van der Waals surface area contributed by atoms with Gasteiger partial charge < -0.3 is 14.4 Å². The number of aromatic nitrogens is 4. The zero-order valence-electron chi connectivity index (χ0n) is 17.2. The lowest BCUT2D eigenvalue weighted by atomic mass is 9.93. The van der Waals surface area contributed by atoms with Crippen LogP contribution >= 0.6 is 0 Å². The molecule has 158 valence electrons. The quantitative estimate of drug-likeness (QED) is 0.755. The van der Waals surface area contributed by atoms with Crippen molar-refractivity contribution in [2.45, 2.75) is 44.8 Å². The summed E-state index contributed by atoms with van der Waals surface area (Å²) in [4.78, 5) is 28.4. The number of rotatable bonds is 4. The lowest BCUT2D eigenvalue weighted by Gasteiger charge is -2.43. The van der Waals surface area contributed by atoms with Crippen molar-refractivity contribution in [3.8, 4) is 11.4 Å². The van der Waals surface area contributed by atoms with E-state index in [0.717, 1.165) is 19.3 Å². The maximum atomic E-state index is 13.0. The molecule has 8 heteroatoms. The van der Waals surface area contributed by atoms with Crippen LogP contribution in [0.1, 0.15) is 26.2 Å². The van der Waals surface area contributed by atoms with Crippen molar-refractivity contribution in [1.82, 2.24) is 19.5 Å². The Kier molecular flexibility index (Phi) is 5.11. The lowest BCUT2D eigenvalue weighted by Crippen LogP contribution is -2.51. The highest BCUT2D eigenvalue weighted by molar-refractivity contribution is 5.57. The highest BCUT2D eigenvalue weighted by Gasteiger charge is 2.37. The molecule has 3 aliphatic rings. The average Bonchev–Trinajstić information content (AvgIpc) is 2.82. The van der Waals surface area contributed by atoms with Gasteiger partial charge in [0.05, 0.1) is 11.4 Å². The van der Waals surface area contributed by atoms with Crippen LogP contribution in [0.4, 0.5) is 5.95 Å². The number of nitrogens with zero attached hydrogens (tertiary/aromatic N) is 5. The van der Waals surface area contributed by atoms with Gasteiger partial charge in [-0.1, -0.05) is 18.2 Å². The summed E-state index contributed by atoms with van der Waals surface area (Å²) in [6.07, 6.45) is 16.8. The molecule has 0 spiro atoms. The molecule has 2 aromatic rings. The van der Waals surface area contributed by atoms with E-state index in [1.54, 1.807) is 29.2 Å². The fraction of sp³-hybridized carbons (Fsp3) is 0.304. The predicted molar refractivity (Wildman–Crippen MR) is 116 cm³/mol. The minimum absolute atomic E-state index is 0.0959. The SMILES string of the molecule is CC1CCn2c(nc(-c3ccncn3)cc2=O)N1C(C1=CC=CCC1)C1=COC=CO1. The topological polar surface area (TPSA) is 82.4 Å². The summed E-state index contributed by atoms with van der Waals surface area (Å²) in [5.41, 5.74) is 2.24. The molecule has 0 radical (unpaired) electrons. The smallest absolute Gasteiger partial charge is 0.255 e. The van der Waals surface area contributed by atoms with Gasteiger partial charge >= 0.3 is 0 Å². The van der Waals surface area contributed by atoms with Gasteiger partial charge in [0, 0.05) is 24.8 Å². The maximum Gasteiger partial charge on any atom is 0.255 e. The third-order valence-electron chi connectivity index (χ3n) is 5.78. The number of hydrogen-bond acceptors (Lipinski definition) is 7. The number of fused-ring (bicyclic) bond motifs is 1. The van der Waals surface area contributed by atoms with E-state index in [2.05, 4.69) is 40.0 Å². The molecule has 0 bridgehead atoms. The second kappa shape index (κ2) is 8.22. The largest absolute Gasteiger partial charge is 0.466 e. The van der Waals surface area contributed by atoms with E-state index >= 15 is 0 Å². The molecule has 2 aliphatic heterocycles. The molecule has 2 aromatic heterocycles. The molecular weight excluding hydrogens is 394 g/mol. The first-order valence-corrected chi connectivity index (χ1v) is 10.4. The third-order valence-corrected chi connectivity index (χ3v) is 5.78. The molecule has 2 unspecified atom stereocenters. The van der Waals surface area contributed by atoms with Gasteiger partial charge in [0.1, 0.15) is 31.2 Å². The van der Waals surface area contributed by atoms with Crippen LogP contribution in [0.15, 0.2) is 77.8 Å². The molecule has 5 rings (SSSR count). The Bertz CT molecular complexity index is 1150. The van der Waals surface area contributed by atoms with E-state index in [0.29, 0.717) is 29.6 Å². The molecule has 0 saturated carbocycles. The molecular formula is C23H23N5O3. The summed E-state index contributed by atoms with van der Waals surface area (Å²) in [7, 11) is 0. The summed E-state index contributed by atoms with van der Waals surface area (Å²) in [6, 6.07) is 3.20. The summed E-state index contributed by atoms with van der Waals surface area (Å²) < 4.78 is 13.0. The molecule has 4 heterocycles. The van der Waals surface area contributed by atoms with Gasteiger partial charge in [0.2, 0.25) is 5.95 Å². The monoisotopic (exact) mass is 417 g/mol. The van der Waals surface area contributed by atoms with Crippen LogP contribution in [-0.4, -0.2) is 31.6 Å². The number of anilines is 1. The number of hydrogen-bond donors (Lipinski definition) is 0. The number of allylic oxidation sites excluding steroid dienone is 3. The first-order valence-electron chi connectivity index (χ1n) is 10.4. The van der Waals surface area contributed by atoms with Crippen LogP contribution in [-0.2, 0) is 16.0 Å². The highest BCUT2D eigenvalue weighted by atomic mass is 16.5. The van der Waals surface area contributed by atoms with Gasteiger partial charge in [-0.15, -0.1) is 0 Å². The van der Waals surface area contributed by atoms with Gasteiger partial charge in [-0.2, -0.15) is 0 Å². The Labute approximate surface area is 179 Å². The molecule has 0 amide bonds. The summed E-state index contributed by atoms with van der Waals surface area (Å²) in [5, 5.41) is 0. The second-order valence-corrected chi connectivity index (χ2v) is 7.73. The van der Waals surface area contributed by atoms with Gasteiger partial charge in [-0.25, -0.2) is 15.0 Å². The Morgan fingerprint density at radius 3 is 2.94 bits per heavy atom. The molecule has 0 N–H and O–H groups in total. The minimum Gasteiger partial charge on any atom is -0.466 e. The molecule has 0 aromatic carbocycles. The highest BCUT2D eigenvalue weighted by Crippen LogP contribution is 2.35. The van der Waals surface area contributed by atoms with Gasteiger partial charge in [0.15, 0.2) is 5.76 Å². The van der Waals surface area contributed by atoms with Crippen molar-refractivity contribution < 1.29 is 9.47 Å². The molecule has 2 atom stereocenters. The minimum atomic E-state index is -0.232. The summed E-state index contributed by atoms with van der Waals surface area (Å²) >= 11 is 0. The van der Waals surface area contributed by atoms with E-state index in [9.17, 15) is 4.79 Å². The van der Waals surface area contributed by atoms with E-state index in [1.165, 1.54) is 24.4 Å². The summed E-state index contributed by atoms with van der Waals surface area (Å²) in [6.45, 7) is 2.77. The zero-order chi connectivity index (χ0) is 21.2. The first kappa shape index (κ1) is 19.3. The van der Waals surface area contributed by atoms with Gasteiger partial charge in [-0.05, 0) is 37.8 Å².